The lowest BCUT2D eigenvalue weighted by Crippen LogP contribution is -2.57. The highest BCUT2D eigenvalue weighted by Gasteiger charge is 2.47. The van der Waals surface area contributed by atoms with Crippen LogP contribution in [0.25, 0.3) is 0 Å². The van der Waals surface area contributed by atoms with Crippen LogP contribution in [0.1, 0.15) is 132 Å². The van der Waals surface area contributed by atoms with Gasteiger partial charge in [0.15, 0.2) is 12.5 Å². The number of aliphatic hydroxyl groups is 6. The van der Waals surface area contributed by atoms with Crippen LogP contribution in [0.3, 0.4) is 0 Å². The third kappa shape index (κ3) is 29.9. The van der Waals surface area contributed by atoms with E-state index in [-0.39, 0.29) is 71.3 Å². The van der Waals surface area contributed by atoms with Gasteiger partial charge in [-0.15, -0.1) is 0 Å². The highest BCUT2D eigenvalue weighted by Crippen LogP contribution is 2.30. The van der Waals surface area contributed by atoms with Crippen LogP contribution in [-0.2, 0) is 73.3 Å². The number of alkyl carbamates (subject to hydrolysis) is 3. The number of amides is 9. The number of urea groups is 1. The summed E-state index contributed by atoms with van der Waals surface area (Å²) < 4.78 is 39.0. The van der Waals surface area contributed by atoms with Crippen LogP contribution in [0.2, 0.25) is 0 Å². The number of aliphatic carboxylic acids is 2. The first kappa shape index (κ1) is 90.2. The Morgan fingerprint density at radius 3 is 1.41 bits per heavy atom. The van der Waals surface area contributed by atoms with Crippen molar-refractivity contribution in [2.24, 2.45) is 5.92 Å². The number of nitrogens with zero attached hydrogens (tertiary/aromatic N) is 3. The maximum Gasteiger partial charge on any atom is 0.408 e. The molecule has 602 valence electrons. The van der Waals surface area contributed by atoms with Gasteiger partial charge < -0.3 is 106 Å². The number of rotatable bonds is 26. The van der Waals surface area contributed by atoms with E-state index in [1.54, 1.807) is 69.2 Å². The Morgan fingerprint density at radius 2 is 0.981 bits per heavy atom. The number of benzene rings is 1. The Balaban J connectivity index is 0.000000362. The molecular weight excluding hydrogens is 1440 g/mol. The summed E-state index contributed by atoms with van der Waals surface area (Å²) in [6.45, 7) is 15.8. The highest BCUT2D eigenvalue weighted by molar-refractivity contribution is 5.98. The highest BCUT2D eigenvalue weighted by atomic mass is 16.6. The van der Waals surface area contributed by atoms with Crippen molar-refractivity contribution in [3.63, 3.8) is 0 Å². The van der Waals surface area contributed by atoms with E-state index in [2.05, 4.69) is 37.2 Å². The van der Waals surface area contributed by atoms with E-state index in [0.717, 1.165) is 46.3 Å². The van der Waals surface area contributed by atoms with Crippen LogP contribution in [0, 0.1) is 5.92 Å². The van der Waals surface area contributed by atoms with Gasteiger partial charge in [-0.25, -0.2) is 33.6 Å². The Labute approximate surface area is 616 Å². The van der Waals surface area contributed by atoms with Gasteiger partial charge in [-0.1, -0.05) is 37.3 Å². The van der Waals surface area contributed by atoms with Gasteiger partial charge in [-0.2, -0.15) is 0 Å². The second kappa shape index (κ2) is 41.2. The van der Waals surface area contributed by atoms with Gasteiger partial charge >= 0.3 is 53.6 Å². The first-order valence-electron chi connectivity index (χ1n) is 33.9. The minimum absolute atomic E-state index is 0.0652. The summed E-state index contributed by atoms with van der Waals surface area (Å²) in [5.41, 5.74) is -4.72. The lowest BCUT2D eigenvalue weighted by atomic mass is 10.1. The van der Waals surface area contributed by atoms with Crippen molar-refractivity contribution in [2.45, 2.75) is 223 Å². The summed E-state index contributed by atoms with van der Waals surface area (Å²) in [7, 11) is 1.00. The predicted octanol–water partition coefficient (Wildman–Crippen LogP) is -3.15. The van der Waals surface area contributed by atoms with Crippen LogP contribution in [0.15, 0.2) is 74.0 Å². The zero-order valence-electron chi connectivity index (χ0n) is 61.2. The molecule has 4 aliphatic rings. The molecule has 3 aromatic rings. The van der Waals surface area contributed by atoms with E-state index in [9.17, 15) is 97.5 Å². The first-order chi connectivity index (χ1) is 50.4. The number of aromatic nitrogens is 4. The zero-order chi connectivity index (χ0) is 81.3. The number of aromatic amines is 2. The minimum Gasteiger partial charge on any atom is -0.481 e. The molecule has 7 rings (SSSR count). The lowest BCUT2D eigenvalue weighted by molar-refractivity contribution is -0.146. The van der Waals surface area contributed by atoms with Crippen molar-refractivity contribution >= 4 is 65.8 Å². The van der Waals surface area contributed by atoms with Crippen molar-refractivity contribution in [2.75, 3.05) is 33.3 Å². The summed E-state index contributed by atoms with van der Waals surface area (Å²) in [4.78, 5) is 184. The summed E-state index contributed by atoms with van der Waals surface area (Å²) in [6.07, 6.45) is -15.7. The van der Waals surface area contributed by atoms with Gasteiger partial charge in [0.25, 0.3) is 11.1 Å². The molecular formula is C66H98N12O30. The molecule has 4 aliphatic heterocycles. The number of carboxylic acids is 2. The molecule has 0 aliphatic carbocycles. The SMILES string of the molecule is CC(C)(C)OC(=O)NC(CCC(=O)O)C(=O)NCC1OC(n2ccc(=O)[nH]c2=O)C(O)C1O.CC(C)(C)OC(=O)NC(CCC(=O)OCc1ccccc1)C(=O)O.CC1CN(C2CC(O)C(CNC(=O)CCC(NC(=O)OC(C)(C)C)C(=O)NCC3OC(n4ccc(=O)[nH]c4=O)C(O)C3O)O2)C(=O)NC1=O.CO. The van der Waals surface area contributed by atoms with Crippen LogP contribution >= 0.6 is 0 Å². The second-order valence-corrected chi connectivity index (χ2v) is 27.8. The van der Waals surface area contributed by atoms with Crippen LogP contribution in [-0.4, -0.2) is 254 Å². The third-order valence-corrected chi connectivity index (χ3v) is 15.5. The molecule has 4 fully saturated rings. The number of ether oxygens (including phenoxy) is 7. The van der Waals surface area contributed by atoms with Gasteiger partial charge in [-0.05, 0) is 87.1 Å². The normalized spacial score (nSPS) is 23.2. The third-order valence-electron chi connectivity index (χ3n) is 15.5. The van der Waals surface area contributed by atoms with Crippen molar-refractivity contribution in [1.29, 1.82) is 0 Å². The van der Waals surface area contributed by atoms with E-state index in [1.807, 2.05) is 40.3 Å². The monoisotopic (exact) mass is 1540 g/mol. The number of H-pyrrole nitrogens is 2. The molecule has 2 aromatic heterocycles. The molecule has 15 unspecified atom stereocenters. The Bertz CT molecular complexity index is 3810. The number of imide groups is 1. The summed E-state index contributed by atoms with van der Waals surface area (Å²) in [6, 6.07) is 6.79. The smallest absolute Gasteiger partial charge is 0.408 e. The summed E-state index contributed by atoms with van der Waals surface area (Å²) in [5, 5.41) is 93.7. The minimum atomic E-state index is -1.59. The van der Waals surface area contributed by atoms with Crippen molar-refractivity contribution in [1.82, 2.24) is 61.2 Å². The Hall–Kier alpha value is -10.2. The molecule has 17 N–H and O–H groups in total. The number of carboxylic acid groups (broad SMARTS) is 2. The molecule has 0 spiro atoms. The zero-order valence-corrected chi connectivity index (χ0v) is 61.2. The first-order valence-corrected chi connectivity index (χ1v) is 33.9. The van der Waals surface area contributed by atoms with Crippen molar-refractivity contribution in [3.05, 3.63) is 102 Å². The van der Waals surface area contributed by atoms with Crippen molar-refractivity contribution < 1.29 is 127 Å². The van der Waals surface area contributed by atoms with Gasteiger partial charge in [0, 0.05) is 83.5 Å². The van der Waals surface area contributed by atoms with E-state index in [4.69, 9.17) is 48.5 Å². The quantitative estimate of drug-likeness (QED) is 0.0279. The molecule has 0 saturated carbocycles. The molecule has 0 radical (unpaired) electrons. The largest absolute Gasteiger partial charge is 0.481 e. The number of hydrogen-bond acceptors (Lipinski definition) is 28. The predicted molar refractivity (Wildman–Crippen MR) is 369 cm³/mol. The molecule has 4 saturated heterocycles. The fourth-order valence-corrected chi connectivity index (χ4v) is 10.3. The number of esters is 1. The van der Waals surface area contributed by atoms with E-state index in [0.29, 0.717) is 0 Å². The fraction of sp³-hybridized carbons (Fsp3) is 0.621. The summed E-state index contributed by atoms with van der Waals surface area (Å²) >= 11 is 0. The molecule has 0 bridgehead atoms. The average Bonchev–Trinajstić information content (AvgIpc) is 1.66. The molecule has 108 heavy (non-hydrogen) atoms. The van der Waals surface area contributed by atoms with Crippen LogP contribution in [0.5, 0.6) is 0 Å². The van der Waals surface area contributed by atoms with Crippen LogP contribution in [0.4, 0.5) is 19.2 Å². The van der Waals surface area contributed by atoms with Crippen molar-refractivity contribution in [3.8, 4) is 0 Å². The van der Waals surface area contributed by atoms with Gasteiger partial charge in [0.2, 0.25) is 23.6 Å². The molecule has 9 amide bonds. The second-order valence-electron chi connectivity index (χ2n) is 27.8. The van der Waals surface area contributed by atoms with E-state index < -0.39 is 203 Å². The lowest BCUT2D eigenvalue weighted by Gasteiger charge is -2.34. The Kier molecular flexibility index (Phi) is 34.4. The van der Waals surface area contributed by atoms with Gasteiger partial charge in [0.1, 0.15) is 90.5 Å². The number of hydrogen-bond donors (Lipinski definition) is 17. The maximum absolute atomic E-state index is 13.2. The standard InChI is InChI=1S/C29H43N7O13.C19H28N4O10.C17H23NO6.CH4O/c1-13-12-36(27(45)34-23(13)42)20-9-15(37)16(47-20)10-30-18(38)6-5-14(32-28(46)49-29(2,3)4)24(43)31-11-17-21(40)22(41)25(48-17)35-8-7-19(39)33-26(35)44;1-19(2,3)33-18(31)21-9(4-5-12(25)26)15(29)20-8-10-13(27)14(28)16(32-10)23-7-6-11(24)22-17(23)30;1-17(2,3)24-16(22)18-13(15(20)21)9-10-14(19)23-11-12-7-5-4-6-8-12;1-2/h7-8,13-17,20-22,25,37,40-41H,5-6,9-12H2,1-4H3,(H,30,38)(H,31,43)(H,32,46)(H,33,39,44)(H,34,42,45);6-7,9-10,13-14,16,27-28H,4-5,8H2,1-3H3,(H,20,29)(H,21,31)(H,25,26)(H,22,24,30);4-8,13H,9-11H2,1-3H3,(H,18,22)(H,20,21);2H,1H3. The molecule has 6 heterocycles. The molecule has 42 heteroatoms. The maximum atomic E-state index is 13.2. The number of nitrogens with one attached hydrogen (secondary N) is 9. The molecule has 1 aromatic carbocycles. The Morgan fingerprint density at radius 1 is 0.556 bits per heavy atom. The van der Waals surface area contributed by atoms with Gasteiger partial charge in [-0.3, -0.25) is 67.7 Å². The topological polar surface area (TPSA) is 611 Å². The summed E-state index contributed by atoms with van der Waals surface area (Å²) in [5.74, 6) is -5.92. The van der Waals surface area contributed by atoms with Crippen LogP contribution < -0.4 is 59.7 Å². The fourth-order valence-electron chi connectivity index (χ4n) is 10.3. The van der Waals surface area contributed by atoms with E-state index >= 15 is 0 Å². The number of aliphatic hydroxyl groups excluding tert-OH is 6. The number of carbonyl (C=O) groups excluding carboxylic acids is 9. The molecule has 15 atom stereocenters. The van der Waals surface area contributed by atoms with E-state index in [1.165, 1.54) is 4.90 Å². The average molecular weight is 1540 g/mol. The number of carbonyl (C=O) groups is 11. The van der Waals surface area contributed by atoms with Gasteiger partial charge in [0.05, 0.1) is 12.0 Å². The molecule has 42 nitrogen and oxygen atoms in total.